The van der Waals surface area contributed by atoms with E-state index >= 15 is 0 Å². The number of morpholine rings is 1. The van der Waals surface area contributed by atoms with Crippen molar-refractivity contribution in [2.75, 3.05) is 39.5 Å². The number of benzene rings is 2. The molecule has 31 heavy (non-hydrogen) atoms. The second kappa shape index (κ2) is 12.2. The lowest BCUT2D eigenvalue weighted by Crippen LogP contribution is -2.45. The van der Waals surface area contributed by atoms with Crippen LogP contribution >= 0.6 is 0 Å². The normalized spacial score (nSPS) is 17.8. The first-order valence-electron chi connectivity index (χ1n) is 12.0. The maximum atomic E-state index is 12.3. The zero-order valence-corrected chi connectivity index (χ0v) is 19.3. The van der Waals surface area contributed by atoms with Crippen LogP contribution in [0.2, 0.25) is 0 Å². The van der Waals surface area contributed by atoms with Gasteiger partial charge < -0.3 is 14.6 Å². The van der Waals surface area contributed by atoms with Crippen LogP contribution in [0.15, 0.2) is 54.6 Å². The number of aliphatic hydroxyl groups is 1. The van der Waals surface area contributed by atoms with Crippen LogP contribution in [0, 0.1) is 0 Å². The zero-order valence-electron chi connectivity index (χ0n) is 19.3. The van der Waals surface area contributed by atoms with E-state index in [9.17, 15) is 5.11 Å². The van der Waals surface area contributed by atoms with E-state index in [0.29, 0.717) is 0 Å². The fourth-order valence-electron chi connectivity index (χ4n) is 4.40. The summed E-state index contributed by atoms with van der Waals surface area (Å²) in [6.07, 6.45) is 4.95. The van der Waals surface area contributed by atoms with Gasteiger partial charge in [-0.15, -0.1) is 0 Å². The van der Waals surface area contributed by atoms with E-state index in [1.165, 1.54) is 5.56 Å². The lowest BCUT2D eigenvalue weighted by atomic mass is 9.74. The molecular formula is C27H39NO3. The number of hydrogen-bond acceptors (Lipinski definition) is 4. The molecule has 0 saturated carbocycles. The van der Waals surface area contributed by atoms with Crippen LogP contribution < -0.4 is 4.74 Å². The molecular weight excluding hydrogens is 386 g/mol. The molecule has 4 nitrogen and oxygen atoms in total. The summed E-state index contributed by atoms with van der Waals surface area (Å²) in [6, 6.07) is 18.7. The highest BCUT2D eigenvalue weighted by atomic mass is 16.5. The van der Waals surface area contributed by atoms with Crippen LogP contribution in [-0.2, 0) is 10.3 Å². The molecule has 2 aromatic rings. The first-order valence-corrected chi connectivity index (χ1v) is 12.0. The molecule has 0 spiro atoms. The maximum Gasteiger partial charge on any atom is 0.119 e. The largest absolute Gasteiger partial charge is 0.494 e. The van der Waals surface area contributed by atoms with Crippen molar-refractivity contribution >= 4 is 0 Å². The molecule has 1 N–H and O–H groups in total. The molecule has 1 aliphatic heterocycles. The van der Waals surface area contributed by atoms with Crippen LogP contribution in [0.4, 0.5) is 0 Å². The Hall–Kier alpha value is -1.88. The number of nitrogens with zero attached hydrogens (tertiary/aromatic N) is 1. The Kier molecular flexibility index (Phi) is 9.38. The fraction of sp³-hybridized carbons (Fsp3) is 0.556. The van der Waals surface area contributed by atoms with Crippen molar-refractivity contribution in [3.63, 3.8) is 0 Å². The van der Waals surface area contributed by atoms with Gasteiger partial charge in [0.2, 0.25) is 0 Å². The molecule has 2 atom stereocenters. The molecule has 0 aromatic heterocycles. The molecule has 0 unspecified atom stereocenters. The minimum absolute atomic E-state index is 0.00907. The lowest BCUT2D eigenvalue weighted by Gasteiger charge is -2.41. The lowest BCUT2D eigenvalue weighted by molar-refractivity contribution is -0.0294. The monoisotopic (exact) mass is 425 g/mol. The van der Waals surface area contributed by atoms with Crippen molar-refractivity contribution in [1.82, 2.24) is 4.90 Å². The second-order valence-corrected chi connectivity index (χ2v) is 8.63. The molecule has 4 heteroatoms. The third kappa shape index (κ3) is 6.55. The number of ether oxygens (including phenoxy) is 2. The highest BCUT2D eigenvalue weighted by molar-refractivity contribution is 5.35. The van der Waals surface area contributed by atoms with Crippen molar-refractivity contribution < 1.29 is 14.6 Å². The predicted molar refractivity (Wildman–Crippen MR) is 127 cm³/mol. The highest BCUT2D eigenvalue weighted by Crippen LogP contribution is 2.42. The smallest absolute Gasteiger partial charge is 0.119 e. The van der Waals surface area contributed by atoms with Gasteiger partial charge in [0, 0.05) is 25.6 Å². The van der Waals surface area contributed by atoms with E-state index in [-0.39, 0.29) is 5.92 Å². The van der Waals surface area contributed by atoms with Crippen LogP contribution in [-0.4, -0.2) is 49.5 Å². The van der Waals surface area contributed by atoms with E-state index in [4.69, 9.17) is 9.47 Å². The van der Waals surface area contributed by atoms with Gasteiger partial charge >= 0.3 is 0 Å². The summed E-state index contributed by atoms with van der Waals surface area (Å²) < 4.78 is 11.4. The van der Waals surface area contributed by atoms with Crippen LogP contribution in [0.25, 0.3) is 0 Å². The molecule has 0 radical (unpaired) electrons. The minimum Gasteiger partial charge on any atom is -0.494 e. The summed E-state index contributed by atoms with van der Waals surface area (Å²) >= 11 is 0. The summed E-state index contributed by atoms with van der Waals surface area (Å²) in [6.45, 7) is 9.26. The van der Waals surface area contributed by atoms with Gasteiger partial charge in [0.05, 0.1) is 25.4 Å². The Morgan fingerprint density at radius 2 is 1.65 bits per heavy atom. The quantitative estimate of drug-likeness (QED) is 0.465. The minimum atomic E-state index is -0.933. The second-order valence-electron chi connectivity index (χ2n) is 8.63. The van der Waals surface area contributed by atoms with E-state index in [0.717, 1.165) is 82.9 Å². The molecule has 170 valence electrons. The molecule has 1 saturated heterocycles. The van der Waals surface area contributed by atoms with Gasteiger partial charge in [-0.25, -0.2) is 0 Å². The molecule has 0 amide bonds. The van der Waals surface area contributed by atoms with E-state index in [1.807, 2.05) is 18.2 Å². The molecule has 1 heterocycles. The summed E-state index contributed by atoms with van der Waals surface area (Å²) in [5, 5.41) is 12.3. The summed E-state index contributed by atoms with van der Waals surface area (Å²) in [5.41, 5.74) is 1.24. The molecule has 0 bridgehead atoms. The van der Waals surface area contributed by atoms with Gasteiger partial charge in [-0.1, -0.05) is 75.6 Å². The Morgan fingerprint density at radius 3 is 2.29 bits per heavy atom. The SMILES string of the molecule is CCCCOc1ccc([C@](O)(CCCC)[C@@H](CN2CCOCC2)c2ccccc2)cc1. The highest BCUT2D eigenvalue weighted by Gasteiger charge is 2.40. The molecule has 2 aromatic carbocycles. The summed E-state index contributed by atoms with van der Waals surface area (Å²) in [4.78, 5) is 2.43. The van der Waals surface area contributed by atoms with E-state index in [1.54, 1.807) is 0 Å². The Bertz CT molecular complexity index is 743. The Morgan fingerprint density at radius 1 is 0.968 bits per heavy atom. The number of unbranched alkanes of at least 4 members (excludes halogenated alkanes) is 2. The predicted octanol–water partition coefficient (Wildman–Crippen LogP) is 5.36. The average molecular weight is 426 g/mol. The van der Waals surface area contributed by atoms with E-state index in [2.05, 4.69) is 55.1 Å². The Balaban J connectivity index is 1.90. The van der Waals surface area contributed by atoms with Crippen molar-refractivity contribution in [1.29, 1.82) is 0 Å². The molecule has 3 rings (SSSR count). The molecule has 1 aliphatic rings. The third-order valence-corrected chi connectivity index (χ3v) is 6.36. The number of rotatable bonds is 12. The van der Waals surface area contributed by atoms with Gasteiger partial charge in [0.25, 0.3) is 0 Å². The average Bonchev–Trinajstić information content (AvgIpc) is 2.83. The fourth-order valence-corrected chi connectivity index (χ4v) is 4.40. The van der Waals surface area contributed by atoms with Crippen molar-refractivity contribution in [3.8, 4) is 5.75 Å². The van der Waals surface area contributed by atoms with Gasteiger partial charge in [0.15, 0.2) is 0 Å². The van der Waals surface area contributed by atoms with Crippen molar-refractivity contribution in [2.45, 2.75) is 57.5 Å². The van der Waals surface area contributed by atoms with Gasteiger partial charge in [-0.2, -0.15) is 0 Å². The topological polar surface area (TPSA) is 41.9 Å². The van der Waals surface area contributed by atoms with Gasteiger partial charge in [-0.3, -0.25) is 4.90 Å². The van der Waals surface area contributed by atoms with Crippen LogP contribution in [0.5, 0.6) is 5.75 Å². The third-order valence-electron chi connectivity index (χ3n) is 6.36. The van der Waals surface area contributed by atoms with Crippen molar-refractivity contribution in [2.24, 2.45) is 0 Å². The summed E-state index contributed by atoms with van der Waals surface area (Å²) in [5.74, 6) is 0.865. The van der Waals surface area contributed by atoms with Gasteiger partial charge in [-0.05, 0) is 36.1 Å². The molecule has 0 aliphatic carbocycles. The first-order chi connectivity index (χ1) is 15.2. The summed E-state index contributed by atoms with van der Waals surface area (Å²) in [7, 11) is 0. The van der Waals surface area contributed by atoms with Crippen LogP contribution in [0.3, 0.4) is 0 Å². The van der Waals surface area contributed by atoms with Crippen molar-refractivity contribution in [3.05, 3.63) is 65.7 Å². The standard InChI is InChI=1S/C27H39NO3/c1-3-5-16-27(29,24-12-14-25(15-13-24)31-19-6-4-2)26(23-10-8-7-9-11-23)22-28-17-20-30-21-18-28/h7-15,26,29H,3-6,16-22H2,1-2H3/t26-,27+/m0/s1. The molecule has 1 fully saturated rings. The zero-order chi connectivity index (χ0) is 21.9. The first kappa shape index (κ1) is 23.8. The van der Waals surface area contributed by atoms with E-state index < -0.39 is 5.60 Å². The number of hydrogen-bond donors (Lipinski definition) is 1. The maximum absolute atomic E-state index is 12.3. The van der Waals surface area contributed by atoms with Crippen LogP contribution in [0.1, 0.15) is 63.0 Å². The Labute approximate surface area is 188 Å². The van der Waals surface area contributed by atoms with Gasteiger partial charge in [0.1, 0.15) is 5.75 Å².